The number of carbonyl (C=O) groups is 2. The number of rotatable bonds is 4. The summed E-state index contributed by atoms with van der Waals surface area (Å²) >= 11 is 1.49. The van der Waals surface area contributed by atoms with Gasteiger partial charge in [0.05, 0.1) is 5.75 Å². The molecule has 0 spiro atoms. The largest absolute Gasteiger partial charge is 0.326 e. The second kappa shape index (κ2) is 5.56. The molecule has 0 aliphatic rings. The van der Waals surface area contributed by atoms with Crippen molar-refractivity contribution in [3.8, 4) is 0 Å². The SMILES string of the molecule is CC(=O)CSc1ccc(NC(C)=O)cc1. The summed E-state index contributed by atoms with van der Waals surface area (Å²) in [5.41, 5.74) is 0.773. The Balaban J connectivity index is 2.56. The zero-order chi connectivity index (χ0) is 11.3. The van der Waals surface area contributed by atoms with Crippen molar-refractivity contribution in [1.82, 2.24) is 0 Å². The molecule has 0 atom stereocenters. The van der Waals surface area contributed by atoms with Crippen LogP contribution in [-0.2, 0) is 9.59 Å². The van der Waals surface area contributed by atoms with Crippen LogP contribution in [0.1, 0.15) is 13.8 Å². The number of ketones is 1. The van der Waals surface area contributed by atoms with E-state index in [1.165, 1.54) is 18.7 Å². The van der Waals surface area contributed by atoms with Gasteiger partial charge in [-0.3, -0.25) is 9.59 Å². The highest BCUT2D eigenvalue weighted by Crippen LogP contribution is 2.20. The van der Waals surface area contributed by atoms with E-state index in [1.807, 2.05) is 24.3 Å². The van der Waals surface area contributed by atoms with E-state index in [2.05, 4.69) is 5.32 Å². The van der Waals surface area contributed by atoms with Gasteiger partial charge in [-0.15, -0.1) is 11.8 Å². The van der Waals surface area contributed by atoms with Crippen molar-refractivity contribution in [2.45, 2.75) is 18.7 Å². The van der Waals surface area contributed by atoms with Crippen LogP contribution >= 0.6 is 11.8 Å². The van der Waals surface area contributed by atoms with Gasteiger partial charge in [-0.25, -0.2) is 0 Å². The van der Waals surface area contributed by atoms with Crippen LogP contribution in [0, 0.1) is 0 Å². The lowest BCUT2D eigenvalue weighted by molar-refractivity contribution is -0.115. The summed E-state index contributed by atoms with van der Waals surface area (Å²) in [5, 5.41) is 2.68. The first kappa shape index (κ1) is 11.8. The lowest BCUT2D eigenvalue weighted by atomic mass is 10.3. The van der Waals surface area contributed by atoms with Crippen LogP contribution in [-0.4, -0.2) is 17.4 Å². The van der Waals surface area contributed by atoms with Gasteiger partial charge in [-0.2, -0.15) is 0 Å². The number of carbonyl (C=O) groups excluding carboxylic acids is 2. The van der Waals surface area contributed by atoms with Crippen molar-refractivity contribution in [2.24, 2.45) is 0 Å². The summed E-state index contributed by atoms with van der Waals surface area (Å²) in [5.74, 6) is 0.560. The molecule has 1 amide bonds. The van der Waals surface area contributed by atoms with E-state index in [4.69, 9.17) is 0 Å². The fourth-order valence-electron chi connectivity index (χ4n) is 1.02. The second-order valence-corrected chi connectivity index (χ2v) is 4.25. The monoisotopic (exact) mass is 223 g/mol. The maximum atomic E-state index is 10.8. The lowest BCUT2D eigenvalue weighted by Gasteiger charge is -2.03. The van der Waals surface area contributed by atoms with E-state index in [0.29, 0.717) is 5.75 Å². The molecule has 1 rings (SSSR count). The number of anilines is 1. The molecule has 3 nitrogen and oxygen atoms in total. The molecule has 0 aliphatic carbocycles. The molecule has 80 valence electrons. The quantitative estimate of drug-likeness (QED) is 0.797. The van der Waals surface area contributed by atoms with E-state index in [0.717, 1.165) is 10.6 Å². The summed E-state index contributed by atoms with van der Waals surface area (Å²) in [4.78, 5) is 22.5. The molecule has 0 unspecified atom stereocenters. The van der Waals surface area contributed by atoms with Crippen molar-refractivity contribution in [2.75, 3.05) is 11.1 Å². The van der Waals surface area contributed by atoms with Crippen LogP contribution in [0.15, 0.2) is 29.2 Å². The van der Waals surface area contributed by atoms with Crippen LogP contribution in [0.2, 0.25) is 0 Å². The molecule has 0 heterocycles. The number of Topliss-reactive ketones (excluding diaryl/α,β-unsaturated/α-hetero) is 1. The van der Waals surface area contributed by atoms with Crippen LogP contribution in [0.3, 0.4) is 0 Å². The Hall–Kier alpha value is -1.29. The number of hydrogen-bond donors (Lipinski definition) is 1. The molecule has 1 N–H and O–H groups in total. The molecular formula is C11H13NO2S. The highest BCUT2D eigenvalue weighted by Gasteiger charge is 1.98. The third-order valence-electron chi connectivity index (χ3n) is 1.62. The van der Waals surface area contributed by atoms with Gasteiger partial charge < -0.3 is 5.32 Å². The molecule has 15 heavy (non-hydrogen) atoms. The molecule has 4 heteroatoms. The maximum absolute atomic E-state index is 10.8. The van der Waals surface area contributed by atoms with E-state index in [9.17, 15) is 9.59 Å². The van der Waals surface area contributed by atoms with Gasteiger partial charge in [-0.05, 0) is 31.2 Å². The van der Waals surface area contributed by atoms with Crippen molar-refractivity contribution >= 4 is 29.1 Å². The molecule has 0 radical (unpaired) electrons. The fraction of sp³-hybridized carbons (Fsp3) is 0.273. The van der Waals surface area contributed by atoms with Gasteiger partial charge in [0.25, 0.3) is 0 Å². The summed E-state index contributed by atoms with van der Waals surface area (Å²) < 4.78 is 0. The number of thioether (sulfide) groups is 1. The molecule has 0 aliphatic heterocycles. The molecule has 0 bridgehead atoms. The average Bonchev–Trinajstić information content (AvgIpc) is 2.16. The normalized spacial score (nSPS) is 9.73. The van der Waals surface area contributed by atoms with Gasteiger partial charge >= 0.3 is 0 Å². The highest BCUT2D eigenvalue weighted by molar-refractivity contribution is 8.00. The van der Waals surface area contributed by atoms with Crippen LogP contribution < -0.4 is 5.32 Å². The first-order valence-corrected chi connectivity index (χ1v) is 5.56. The van der Waals surface area contributed by atoms with Crippen LogP contribution in [0.4, 0.5) is 5.69 Å². The fourth-order valence-corrected chi connectivity index (χ4v) is 1.72. The molecule has 0 saturated carbocycles. The van der Waals surface area contributed by atoms with Crippen molar-refractivity contribution in [1.29, 1.82) is 0 Å². The number of benzene rings is 1. The summed E-state index contributed by atoms with van der Waals surface area (Å²) in [6.07, 6.45) is 0. The van der Waals surface area contributed by atoms with Gasteiger partial charge in [0.15, 0.2) is 0 Å². The Morgan fingerprint density at radius 3 is 2.27 bits per heavy atom. The first-order chi connectivity index (χ1) is 7.08. The predicted octanol–water partition coefficient (Wildman–Crippen LogP) is 2.33. The predicted molar refractivity (Wildman–Crippen MR) is 62.2 cm³/mol. The third kappa shape index (κ3) is 4.65. The average molecular weight is 223 g/mol. The van der Waals surface area contributed by atoms with Crippen LogP contribution in [0.25, 0.3) is 0 Å². The lowest BCUT2D eigenvalue weighted by Crippen LogP contribution is -2.05. The van der Waals surface area contributed by atoms with Gasteiger partial charge in [0, 0.05) is 17.5 Å². The topological polar surface area (TPSA) is 46.2 Å². The summed E-state index contributed by atoms with van der Waals surface area (Å²) in [6, 6.07) is 7.42. The van der Waals surface area contributed by atoms with Crippen molar-refractivity contribution < 1.29 is 9.59 Å². The Morgan fingerprint density at radius 1 is 1.20 bits per heavy atom. The molecule has 0 aromatic heterocycles. The Kier molecular flexibility index (Phi) is 4.37. The molecule has 0 saturated heterocycles. The number of hydrogen-bond acceptors (Lipinski definition) is 3. The number of amides is 1. The van der Waals surface area contributed by atoms with Gasteiger partial charge in [0.1, 0.15) is 5.78 Å². The minimum atomic E-state index is -0.0841. The first-order valence-electron chi connectivity index (χ1n) is 4.58. The minimum absolute atomic E-state index is 0.0841. The zero-order valence-corrected chi connectivity index (χ0v) is 9.56. The van der Waals surface area contributed by atoms with E-state index in [1.54, 1.807) is 6.92 Å². The van der Waals surface area contributed by atoms with Gasteiger partial charge in [-0.1, -0.05) is 0 Å². The standard InChI is InChI=1S/C11H13NO2S/c1-8(13)7-15-11-5-3-10(4-6-11)12-9(2)14/h3-6H,7H2,1-2H3,(H,12,14). The second-order valence-electron chi connectivity index (χ2n) is 3.20. The molecule has 1 aromatic rings. The molecule has 1 aromatic carbocycles. The molecular weight excluding hydrogens is 210 g/mol. The van der Waals surface area contributed by atoms with Crippen molar-refractivity contribution in [3.05, 3.63) is 24.3 Å². The van der Waals surface area contributed by atoms with E-state index >= 15 is 0 Å². The number of nitrogens with one attached hydrogen (secondary N) is 1. The highest BCUT2D eigenvalue weighted by atomic mass is 32.2. The Morgan fingerprint density at radius 2 is 1.80 bits per heavy atom. The smallest absolute Gasteiger partial charge is 0.221 e. The van der Waals surface area contributed by atoms with Crippen LogP contribution in [0.5, 0.6) is 0 Å². The van der Waals surface area contributed by atoms with E-state index < -0.39 is 0 Å². The Bertz CT molecular complexity index is 359. The minimum Gasteiger partial charge on any atom is -0.326 e. The third-order valence-corrected chi connectivity index (χ3v) is 2.77. The summed E-state index contributed by atoms with van der Waals surface area (Å²) in [6.45, 7) is 3.04. The summed E-state index contributed by atoms with van der Waals surface area (Å²) in [7, 11) is 0. The zero-order valence-electron chi connectivity index (χ0n) is 8.74. The van der Waals surface area contributed by atoms with E-state index in [-0.39, 0.29) is 11.7 Å². The van der Waals surface area contributed by atoms with Crippen molar-refractivity contribution in [3.63, 3.8) is 0 Å². The van der Waals surface area contributed by atoms with Gasteiger partial charge in [0.2, 0.25) is 5.91 Å². The Labute approximate surface area is 93.3 Å². The maximum Gasteiger partial charge on any atom is 0.221 e. The molecule has 0 fully saturated rings.